The van der Waals surface area contributed by atoms with Crippen LogP contribution in [0.2, 0.25) is 0 Å². The molecule has 2 unspecified atom stereocenters. The highest BCUT2D eigenvalue weighted by molar-refractivity contribution is 5.99. The van der Waals surface area contributed by atoms with E-state index >= 15 is 0 Å². The molecule has 3 nitrogen and oxygen atoms in total. The van der Waals surface area contributed by atoms with Crippen LogP contribution in [0.15, 0.2) is 16.9 Å². The standard InChI is InChI=1S/C12H17NO2/c1-8-6-15-7-10(8)12(14)9-4-2-3-5-11(9)13/h6-7,9,11H,2-5,13H2,1H3. The van der Waals surface area contributed by atoms with Gasteiger partial charge in [-0.1, -0.05) is 12.8 Å². The van der Waals surface area contributed by atoms with E-state index in [1.54, 1.807) is 12.5 Å². The zero-order chi connectivity index (χ0) is 10.8. The van der Waals surface area contributed by atoms with Crippen molar-refractivity contribution < 1.29 is 9.21 Å². The third-order valence-electron chi connectivity index (χ3n) is 3.28. The summed E-state index contributed by atoms with van der Waals surface area (Å²) >= 11 is 0. The van der Waals surface area contributed by atoms with Crippen LogP contribution in [0, 0.1) is 12.8 Å². The van der Waals surface area contributed by atoms with Gasteiger partial charge in [0.1, 0.15) is 6.26 Å². The van der Waals surface area contributed by atoms with Crippen LogP contribution >= 0.6 is 0 Å². The van der Waals surface area contributed by atoms with Gasteiger partial charge < -0.3 is 10.2 Å². The number of rotatable bonds is 2. The molecule has 1 aliphatic rings. The number of ketones is 1. The molecule has 0 bridgehead atoms. The number of Topliss-reactive ketones (excluding diaryl/α,β-unsaturated/α-hetero) is 1. The monoisotopic (exact) mass is 207 g/mol. The van der Waals surface area contributed by atoms with Gasteiger partial charge in [0.05, 0.1) is 11.8 Å². The Kier molecular flexibility index (Phi) is 2.91. The first-order valence-corrected chi connectivity index (χ1v) is 5.52. The van der Waals surface area contributed by atoms with E-state index in [-0.39, 0.29) is 17.7 Å². The zero-order valence-electron chi connectivity index (χ0n) is 9.03. The Morgan fingerprint density at radius 2 is 2.13 bits per heavy atom. The van der Waals surface area contributed by atoms with Crippen molar-refractivity contribution >= 4 is 5.78 Å². The van der Waals surface area contributed by atoms with Crippen LogP contribution in [0.25, 0.3) is 0 Å². The maximum atomic E-state index is 12.2. The molecular weight excluding hydrogens is 190 g/mol. The molecule has 0 aliphatic heterocycles. The fourth-order valence-corrected chi connectivity index (χ4v) is 2.30. The summed E-state index contributed by atoms with van der Waals surface area (Å²) in [4.78, 5) is 12.2. The Labute approximate surface area is 89.6 Å². The Bertz CT molecular complexity index is 356. The van der Waals surface area contributed by atoms with Gasteiger partial charge in [0.15, 0.2) is 5.78 Å². The Morgan fingerprint density at radius 1 is 1.40 bits per heavy atom. The molecule has 0 saturated heterocycles. The van der Waals surface area contributed by atoms with Gasteiger partial charge in [-0.3, -0.25) is 4.79 Å². The second-order valence-electron chi connectivity index (χ2n) is 4.39. The third-order valence-corrected chi connectivity index (χ3v) is 3.28. The lowest BCUT2D eigenvalue weighted by Crippen LogP contribution is -2.38. The molecule has 1 saturated carbocycles. The number of hydrogen-bond acceptors (Lipinski definition) is 3. The molecule has 82 valence electrons. The van der Waals surface area contributed by atoms with E-state index in [0.717, 1.165) is 31.2 Å². The summed E-state index contributed by atoms with van der Waals surface area (Å²) in [5.41, 5.74) is 7.61. The lowest BCUT2D eigenvalue weighted by molar-refractivity contribution is 0.0870. The van der Waals surface area contributed by atoms with Gasteiger partial charge in [0, 0.05) is 12.0 Å². The van der Waals surface area contributed by atoms with Crippen LogP contribution in [-0.2, 0) is 0 Å². The van der Waals surface area contributed by atoms with Crippen LogP contribution in [0.3, 0.4) is 0 Å². The summed E-state index contributed by atoms with van der Waals surface area (Å²) in [5.74, 6) is 0.156. The summed E-state index contributed by atoms with van der Waals surface area (Å²) in [6.07, 6.45) is 7.30. The number of hydrogen-bond donors (Lipinski definition) is 1. The van der Waals surface area contributed by atoms with Gasteiger partial charge in [0.25, 0.3) is 0 Å². The van der Waals surface area contributed by atoms with E-state index in [2.05, 4.69) is 0 Å². The molecule has 2 N–H and O–H groups in total. The molecule has 2 atom stereocenters. The quantitative estimate of drug-likeness (QED) is 0.757. The van der Waals surface area contributed by atoms with Gasteiger partial charge >= 0.3 is 0 Å². The SMILES string of the molecule is Cc1cocc1C(=O)C1CCCCC1N. The maximum absolute atomic E-state index is 12.2. The number of aryl methyl sites for hydroxylation is 1. The van der Waals surface area contributed by atoms with Crippen molar-refractivity contribution in [2.75, 3.05) is 0 Å². The molecule has 1 aliphatic carbocycles. The van der Waals surface area contributed by atoms with E-state index in [0.29, 0.717) is 5.56 Å². The van der Waals surface area contributed by atoms with Gasteiger partial charge in [0.2, 0.25) is 0 Å². The molecule has 0 aromatic carbocycles. The van der Waals surface area contributed by atoms with E-state index < -0.39 is 0 Å². The molecule has 0 amide bonds. The molecule has 2 rings (SSSR count). The Hall–Kier alpha value is -1.09. The lowest BCUT2D eigenvalue weighted by Gasteiger charge is -2.27. The summed E-state index contributed by atoms with van der Waals surface area (Å²) in [6.45, 7) is 1.89. The minimum atomic E-state index is -0.00458. The first-order valence-electron chi connectivity index (χ1n) is 5.52. The van der Waals surface area contributed by atoms with Crippen LogP contribution in [0.4, 0.5) is 0 Å². The topological polar surface area (TPSA) is 56.2 Å². The fraction of sp³-hybridized carbons (Fsp3) is 0.583. The van der Waals surface area contributed by atoms with Crippen molar-refractivity contribution in [3.05, 3.63) is 23.7 Å². The molecule has 15 heavy (non-hydrogen) atoms. The number of furan rings is 1. The normalized spacial score (nSPS) is 26.5. The highest BCUT2D eigenvalue weighted by atomic mass is 16.3. The predicted molar refractivity (Wildman–Crippen MR) is 57.7 cm³/mol. The van der Waals surface area contributed by atoms with Gasteiger partial charge in [-0.25, -0.2) is 0 Å². The minimum absolute atomic E-state index is 0.00458. The molecule has 3 heteroatoms. The van der Waals surface area contributed by atoms with Crippen molar-refractivity contribution in [3.8, 4) is 0 Å². The van der Waals surface area contributed by atoms with Crippen molar-refractivity contribution in [2.45, 2.75) is 38.6 Å². The average molecular weight is 207 g/mol. The van der Waals surface area contributed by atoms with Crippen LogP contribution < -0.4 is 5.73 Å². The molecule has 1 aromatic rings. The van der Waals surface area contributed by atoms with Crippen LogP contribution in [0.1, 0.15) is 41.6 Å². The van der Waals surface area contributed by atoms with Crippen molar-refractivity contribution in [2.24, 2.45) is 11.7 Å². The zero-order valence-corrected chi connectivity index (χ0v) is 9.03. The molecule has 1 aromatic heterocycles. The fourth-order valence-electron chi connectivity index (χ4n) is 2.30. The van der Waals surface area contributed by atoms with E-state index in [4.69, 9.17) is 10.2 Å². The molecule has 0 spiro atoms. The predicted octanol–water partition coefficient (Wildman–Crippen LogP) is 2.29. The third kappa shape index (κ3) is 1.97. The molecule has 1 heterocycles. The molecule has 0 radical (unpaired) electrons. The second kappa shape index (κ2) is 4.19. The highest BCUT2D eigenvalue weighted by Crippen LogP contribution is 2.27. The van der Waals surface area contributed by atoms with Crippen molar-refractivity contribution in [1.82, 2.24) is 0 Å². The van der Waals surface area contributed by atoms with Crippen LogP contribution in [0.5, 0.6) is 0 Å². The molecular formula is C12H17NO2. The first kappa shape index (κ1) is 10.4. The second-order valence-corrected chi connectivity index (χ2v) is 4.39. The number of carbonyl (C=O) groups excluding carboxylic acids is 1. The maximum Gasteiger partial charge on any atom is 0.170 e. The minimum Gasteiger partial charge on any atom is -0.472 e. The number of carbonyl (C=O) groups is 1. The smallest absolute Gasteiger partial charge is 0.170 e. The highest BCUT2D eigenvalue weighted by Gasteiger charge is 2.30. The average Bonchev–Trinajstić information content (AvgIpc) is 2.64. The van der Waals surface area contributed by atoms with E-state index in [1.165, 1.54) is 0 Å². The van der Waals surface area contributed by atoms with Gasteiger partial charge in [-0.2, -0.15) is 0 Å². The largest absolute Gasteiger partial charge is 0.472 e. The summed E-state index contributed by atoms with van der Waals surface area (Å²) in [7, 11) is 0. The van der Waals surface area contributed by atoms with Gasteiger partial charge in [-0.15, -0.1) is 0 Å². The number of nitrogens with two attached hydrogens (primary N) is 1. The molecule has 1 fully saturated rings. The summed E-state index contributed by atoms with van der Waals surface area (Å²) < 4.78 is 5.03. The summed E-state index contributed by atoms with van der Waals surface area (Å²) in [6, 6.07) is 0.0283. The van der Waals surface area contributed by atoms with E-state index in [9.17, 15) is 4.79 Å². The Morgan fingerprint density at radius 3 is 2.73 bits per heavy atom. The van der Waals surface area contributed by atoms with Crippen LogP contribution in [-0.4, -0.2) is 11.8 Å². The van der Waals surface area contributed by atoms with Crippen molar-refractivity contribution in [3.63, 3.8) is 0 Å². The van der Waals surface area contributed by atoms with E-state index in [1.807, 2.05) is 6.92 Å². The summed E-state index contributed by atoms with van der Waals surface area (Å²) in [5, 5.41) is 0. The Balaban J connectivity index is 2.17. The van der Waals surface area contributed by atoms with Crippen molar-refractivity contribution in [1.29, 1.82) is 0 Å². The first-order chi connectivity index (χ1) is 7.20. The lowest BCUT2D eigenvalue weighted by atomic mass is 9.80. The van der Waals surface area contributed by atoms with Gasteiger partial charge in [-0.05, 0) is 25.3 Å².